The molecule has 0 radical (unpaired) electrons. The van der Waals surface area contributed by atoms with Crippen LogP contribution in [0, 0.1) is 0 Å². The molecule has 0 saturated heterocycles. The van der Waals surface area contributed by atoms with E-state index < -0.39 is 11.1 Å². The van der Waals surface area contributed by atoms with E-state index in [9.17, 15) is 4.21 Å². The van der Waals surface area contributed by atoms with Crippen LogP contribution >= 0.6 is 15.9 Å². The zero-order valence-electron chi connectivity index (χ0n) is 7.07. The van der Waals surface area contributed by atoms with E-state index in [1.54, 1.807) is 6.08 Å². The second-order valence-corrected chi connectivity index (χ2v) is 4.77. The molecule has 1 aliphatic heterocycles. The van der Waals surface area contributed by atoms with E-state index >= 15 is 0 Å². The maximum absolute atomic E-state index is 10.8. The van der Waals surface area contributed by atoms with Crippen molar-refractivity contribution in [3.63, 3.8) is 0 Å². The molecule has 1 heterocycles. The van der Waals surface area contributed by atoms with Crippen molar-refractivity contribution >= 4 is 33.1 Å². The second kappa shape index (κ2) is 3.84. The van der Waals surface area contributed by atoms with Crippen LogP contribution in [0.3, 0.4) is 0 Å². The van der Waals surface area contributed by atoms with Crippen molar-refractivity contribution in [2.45, 2.75) is 0 Å². The molecule has 1 aromatic carbocycles. The first-order valence-electron chi connectivity index (χ1n) is 3.90. The molecule has 74 valence electrons. The van der Waals surface area contributed by atoms with Gasteiger partial charge in [-0.15, -0.1) is 0 Å². The predicted octanol–water partition coefficient (Wildman–Crippen LogP) is 2.40. The van der Waals surface area contributed by atoms with Gasteiger partial charge in [0, 0.05) is 10.0 Å². The summed E-state index contributed by atoms with van der Waals surface area (Å²) in [6.45, 7) is 0.178. The van der Waals surface area contributed by atoms with Gasteiger partial charge in [0.05, 0.1) is 4.91 Å². The molecule has 0 spiro atoms. The Balaban J connectivity index is 2.47. The number of rotatable bonds is 1. The van der Waals surface area contributed by atoms with Crippen molar-refractivity contribution in [1.29, 1.82) is 0 Å². The van der Waals surface area contributed by atoms with Gasteiger partial charge in [0.1, 0.15) is 12.4 Å². The fraction of sp³-hybridized carbons (Fsp3) is 0.111. The smallest absolute Gasteiger partial charge is 0.185 e. The average Bonchev–Trinajstić information content (AvgIpc) is 2.16. The Kier molecular flexibility index (Phi) is 2.71. The summed E-state index contributed by atoms with van der Waals surface area (Å²) < 4.78 is 25.9. The summed E-state index contributed by atoms with van der Waals surface area (Å²) in [5.74, 6) is 0.738. The van der Waals surface area contributed by atoms with Gasteiger partial charge in [-0.05, 0) is 24.3 Å². The summed E-state index contributed by atoms with van der Waals surface area (Å²) in [5.41, 5.74) is 0.822. The third-order valence-electron chi connectivity index (χ3n) is 1.88. The van der Waals surface area contributed by atoms with Crippen LogP contribution in [0.15, 0.2) is 27.6 Å². The first-order valence-corrected chi connectivity index (χ1v) is 5.80. The van der Waals surface area contributed by atoms with Gasteiger partial charge < -0.3 is 9.29 Å². The first kappa shape index (κ1) is 9.89. The molecule has 1 N–H and O–H groups in total. The molecule has 5 heteroatoms. The van der Waals surface area contributed by atoms with Gasteiger partial charge in [-0.2, -0.15) is 0 Å². The molecule has 0 amide bonds. The Hall–Kier alpha value is -0.650. The van der Waals surface area contributed by atoms with Crippen molar-refractivity contribution in [3.8, 4) is 5.75 Å². The Morgan fingerprint density at radius 2 is 2.29 bits per heavy atom. The van der Waals surface area contributed by atoms with Gasteiger partial charge in [0.2, 0.25) is 0 Å². The molecule has 1 aliphatic rings. The van der Waals surface area contributed by atoms with Crippen molar-refractivity contribution in [2.24, 2.45) is 0 Å². The normalized spacial score (nSPS) is 16.6. The van der Waals surface area contributed by atoms with Gasteiger partial charge in [-0.1, -0.05) is 15.9 Å². The van der Waals surface area contributed by atoms with Crippen LogP contribution in [0.25, 0.3) is 6.08 Å². The van der Waals surface area contributed by atoms with Crippen LogP contribution in [-0.4, -0.2) is 15.4 Å². The third kappa shape index (κ3) is 1.89. The van der Waals surface area contributed by atoms with Crippen molar-refractivity contribution < 1.29 is 13.5 Å². The van der Waals surface area contributed by atoms with Gasteiger partial charge in [0.25, 0.3) is 0 Å². The molecule has 2 rings (SSSR count). The maximum Gasteiger partial charge on any atom is 0.185 e. The summed E-state index contributed by atoms with van der Waals surface area (Å²) in [4.78, 5) is 0.385. The fourth-order valence-electron chi connectivity index (χ4n) is 1.23. The molecular formula is C9H7BrO3S. The molecule has 1 unspecified atom stereocenters. The van der Waals surface area contributed by atoms with Crippen molar-refractivity contribution in [1.82, 2.24) is 0 Å². The molecule has 14 heavy (non-hydrogen) atoms. The van der Waals surface area contributed by atoms with Crippen LogP contribution < -0.4 is 4.74 Å². The number of ether oxygens (including phenoxy) is 1. The highest BCUT2D eigenvalue weighted by Gasteiger charge is 2.14. The van der Waals surface area contributed by atoms with E-state index in [1.165, 1.54) is 0 Å². The second-order valence-electron chi connectivity index (χ2n) is 2.83. The van der Waals surface area contributed by atoms with E-state index in [0.717, 1.165) is 15.8 Å². The summed E-state index contributed by atoms with van der Waals surface area (Å²) in [7, 11) is 0. The Morgan fingerprint density at radius 1 is 1.50 bits per heavy atom. The number of hydrogen-bond acceptors (Lipinski definition) is 2. The number of halogens is 1. The van der Waals surface area contributed by atoms with Gasteiger partial charge in [-0.25, -0.2) is 4.21 Å². The molecule has 0 aromatic heterocycles. The lowest BCUT2D eigenvalue weighted by Gasteiger charge is -2.15. The Morgan fingerprint density at radius 3 is 3.00 bits per heavy atom. The molecule has 0 saturated carbocycles. The fourth-order valence-corrected chi connectivity index (χ4v) is 1.99. The largest absolute Gasteiger partial charge is 0.488 e. The Labute approximate surface area is 92.2 Å². The molecule has 1 atom stereocenters. The monoisotopic (exact) mass is 274 g/mol. The molecule has 1 aromatic rings. The molecule has 0 aliphatic carbocycles. The molecule has 3 nitrogen and oxygen atoms in total. The third-order valence-corrected chi connectivity index (χ3v) is 3.06. The number of benzene rings is 1. The minimum absolute atomic E-state index is 0.178. The summed E-state index contributed by atoms with van der Waals surface area (Å²) in [6, 6.07) is 5.54. The first-order chi connectivity index (χ1) is 6.66. The number of hydrogen-bond donors (Lipinski definition) is 1. The molecular weight excluding hydrogens is 268 g/mol. The lowest BCUT2D eigenvalue weighted by atomic mass is 10.1. The SMILES string of the molecule is O=S(O)C1=Cc2cc(Br)ccc2OC1. The van der Waals surface area contributed by atoms with Gasteiger partial charge in [-0.3, -0.25) is 0 Å². The van der Waals surface area contributed by atoms with Crippen LogP contribution in [0.4, 0.5) is 0 Å². The highest BCUT2D eigenvalue weighted by atomic mass is 79.9. The summed E-state index contributed by atoms with van der Waals surface area (Å²) in [6.07, 6.45) is 1.68. The highest BCUT2D eigenvalue weighted by Crippen LogP contribution is 2.29. The average molecular weight is 275 g/mol. The predicted molar refractivity (Wildman–Crippen MR) is 58.4 cm³/mol. The summed E-state index contributed by atoms with van der Waals surface area (Å²) >= 11 is 1.38. The number of fused-ring (bicyclic) bond motifs is 1. The van der Waals surface area contributed by atoms with E-state index in [-0.39, 0.29) is 6.61 Å². The Bertz CT molecular complexity index is 428. The minimum atomic E-state index is -1.95. The highest BCUT2D eigenvalue weighted by molar-refractivity contribution is 9.10. The lowest BCUT2D eigenvalue weighted by Crippen LogP contribution is -2.10. The molecule has 0 bridgehead atoms. The zero-order chi connectivity index (χ0) is 10.1. The van der Waals surface area contributed by atoms with Crippen molar-refractivity contribution in [2.75, 3.05) is 6.61 Å². The topological polar surface area (TPSA) is 46.5 Å². The van der Waals surface area contributed by atoms with E-state index in [0.29, 0.717) is 4.91 Å². The van der Waals surface area contributed by atoms with Crippen LogP contribution in [0.5, 0.6) is 5.75 Å². The lowest BCUT2D eigenvalue weighted by molar-refractivity contribution is 0.352. The maximum atomic E-state index is 10.8. The van der Waals surface area contributed by atoms with Crippen molar-refractivity contribution in [3.05, 3.63) is 33.1 Å². The van der Waals surface area contributed by atoms with Crippen LogP contribution in [0.2, 0.25) is 0 Å². The van der Waals surface area contributed by atoms with Crippen LogP contribution in [-0.2, 0) is 11.1 Å². The van der Waals surface area contributed by atoms with Crippen LogP contribution in [0.1, 0.15) is 5.56 Å². The standard InChI is InChI=1S/C9H7BrO3S/c10-7-1-2-9-6(3-7)4-8(5-13-9)14(11)12/h1-4H,5H2,(H,11,12). The van der Waals surface area contributed by atoms with E-state index in [2.05, 4.69) is 15.9 Å². The molecule has 0 fully saturated rings. The zero-order valence-corrected chi connectivity index (χ0v) is 9.47. The van der Waals surface area contributed by atoms with E-state index in [4.69, 9.17) is 9.29 Å². The van der Waals surface area contributed by atoms with Gasteiger partial charge in [0.15, 0.2) is 11.1 Å². The summed E-state index contributed by atoms with van der Waals surface area (Å²) in [5, 5.41) is 0. The minimum Gasteiger partial charge on any atom is -0.488 e. The van der Waals surface area contributed by atoms with Gasteiger partial charge >= 0.3 is 0 Å². The quantitative estimate of drug-likeness (QED) is 0.800. The van der Waals surface area contributed by atoms with E-state index in [1.807, 2.05) is 18.2 Å².